The summed E-state index contributed by atoms with van der Waals surface area (Å²) in [4.78, 5) is 17.0. The summed E-state index contributed by atoms with van der Waals surface area (Å²) < 4.78 is 28.3. The number of carbonyl (C=O) groups excluding carboxylic acids is 1. The number of para-hydroxylation sites is 1. The van der Waals surface area contributed by atoms with E-state index in [1.807, 2.05) is 30.3 Å². The smallest absolute Gasteiger partial charge is 0.250 e. The van der Waals surface area contributed by atoms with Crippen LogP contribution in [0.2, 0.25) is 0 Å². The number of rotatable bonds is 7. The Bertz CT molecular complexity index is 1230. The van der Waals surface area contributed by atoms with Gasteiger partial charge in [-0.1, -0.05) is 30.3 Å². The van der Waals surface area contributed by atoms with Crippen molar-refractivity contribution in [2.24, 2.45) is 0 Å². The Kier molecular flexibility index (Phi) is 5.96. The predicted octanol–water partition coefficient (Wildman–Crippen LogP) is 4.25. The SMILES string of the molecule is CC(NS(=O)(=O)c1cccs1)C(=O)Nc1ccc(Cc2nc3ccccc3s2)cc1. The normalized spacial score (nSPS) is 12.7. The maximum Gasteiger partial charge on any atom is 0.250 e. The summed E-state index contributed by atoms with van der Waals surface area (Å²) >= 11 is 2.77. The first kappa shape index (κ1) is 20.7. The van der Waals surface area contributed by atoms with Gasteiger partial charge in [-0.15, -0.1) is 22.7 Å². The van der Waals surface area contributed by atoms with Crippen LogP contribution in [0.25, 0.3) is 10.2 Å². The van der Waals surface area contributed by atoms with Crippen LogP contribution in [-0.4, -0.2) is 25.4 Å². The molecular weight excluding hydrogens is 438 g/mol. The fourth-order valence-electron chi connectivity index (χ4n) is 2.89. The zero-order valence-electron chi connectivity index (χ0n) is 16.0. The molecule has 6 nitrogen and oxygen atoms in total. The second kappa shape index (κ2) is 8.65. The van der Waals surface area contributed by atoms with Gasteiger partial charge in [-0.25, -0.2) is 13.4 Å². The Morgan fingerprint density at radius 1 is 1.07 bits per heavy atom. The maximum atomic E-state index is 12.4. The van der Waals surface area contributed by atoms with Gasteiger partial charge < -0.3 is 5.32 Å². The third-order valence-electron chi connectivity index (χ3n) is 4.40. The Morgan fingerprint density at radius 3 is 2.53 bits per heavy atom. The molecule has 4 aromatic rings. The number of aromatic nitrogens is 1. The lowest BCUT2D eigenvalue weighted by atomic mass is 10.1. The van der Waals surface area contributed by atoms with Crippen LogP contribution in [0, 0.1) is 0 Å². The van der Waals surface area contributed by atoms with Crippen LogP contribution in [0.3, 0.4) is 0 Å². The summed E-state index contributed by atoms with van der Waals surface area (Å²) in [5.41, 5.74) is 2.69. The molecule has 1 atom stereocenters. The number of nitrogens with one attached hydrogen (secondary N) is 2. The largest absolute Gasteiger partial charge is 0.325 e. The molecule has 2 aromatic carbocycles. The number of nitrogens with zero attached hydrogens (tertiary/aromatic N) is 1. The average Bonchev–Trinajstić information content (AvgIpc) is 3.39. The average molecular weight is 458 g/mol. The quantitative estimate of drug-likeness (QED) is 0.434. The highest BCUT2D eigenvalue weighted by Gasteiger charge is 2.22. The standard InChI is InChI=1S/C21H19N3O3S3/c1-14(24-30(26,27)20-7-4-12-28-20)21(25)22-16-10-8-15(9-11-16)13-19-23-17-5-2-3-6-18(17)29-19/h2-12,14,24H,13H2,1H3,(H,22,25). The van der Waals surface area contributed by atoms with Crippen molar-refractivity contribution in [3.8, 4) is 0 Å². The lowest BCUT2D eigenvalue weighted by Gasteiger charge is -2.14. The van der Waals surface area contributed by atoms with Crippen LogP contribution >= 0.6 is 22.7 Å². The van der Waals surface area contributed by atoms with Gasteiger partial charge in [-0.2, -0.15) is 4.72 Å². The van der Waals surface area contributed by atoms with Gasteiger partial charge in [0.05, 0.1) is 21.3 Å². The third kappa shape index (κ3) is 4.76. The summed E-state index contributed by atoms with van der Waals surface area (Å²) in [6.45, 7) is 1.52. The van der Waals surface area contributed by atoms with Gasteiger partial charge in [0, 0.05) is 12.1 Å². The number of sulfonamides is 1. The molecule has 2 N–H and O–H groups in total. The van der Waals surface area contributed by atoms with Crippen LogP contribution in [0.4, 0.5) is 5.69 Å². The first-order chi connectivity index (χ1) is 14.4. The van der Waals surface area contributed by atoms with E-state index >= 15 is 0 Å². The first-order valence-corrected chi connectivity index (χ1v) is 12.4. The van der Waals surface area contributed by atoms with Crippen molar-refractivity contribution in [2.75, 3.05) is 5.32 Å². The molecule has 2 heterocycles. The number of thiazole rings is 1. The van der Waals surface area contributed by atoms with Crippen molar-refractivity contribution in [3.05, 3.63) is 76.6 Å². The molecule has 0 saturated heterocycles. The van der Waals surface area contributed by atoms with Crippen molar-refractivity contribution >= 4 is 54.5 Å². The van der Waals surface area contributed by atoms with E-state index in [4.69, 9.17) is 0 Å². The van der Waals surface area contributed by atoms with E-state index in [1.54, 1.807) is 34.9 Å². The summed E-state index contributed by atoms with van der Waals surface area (Å²) in [5, 5.41) is 5.45. The zero-order chi connectivity index (χ0) is 21.1. The number of amides is 1. The molecule has 0 aliphatic rings. The lowest BCUT2D eigenvalue weighted by molar-refractivity contribution is -0.117. The molecule has 0 radical (unpaired) electrons. The van der Waals surface area contributed by atoms with Crippen molar-refractivity contribution < 1.29 is 13.2 Å². The van der Waals surface area contributed by atoms with E-state index in [-0.39, 0.29) is 4.21 Å². The van der Waals surface area contributed by atoms with Gasteiger partial charge in [0.1, 0.15) is 4.21 Å². The van der Waals surface area contributed by atoms with Crippen molar-refractivity contribution in [3.63, 3.8) is 0 Å². The highest BCUT2D eigenvalue weighted by atomic mass is 32.2. The van der Waals surface area contributed by atoms with Crippen LogP contribution < -0.4 is 10.0 Å². The summed E-state index contributed by atoms with van der Waals surface area (Å²) in [5.74, 6) is -0.422. The second-order valence-corrected chi connectivity index (χ2v) is 10.7. The topological polar surface area (TPSA) is 88.2 Å². The van der Waals surface area contributed by atoms with Crippen molar-refractivity contribution in [1.82, 2.24) is 9.71 Å². The van der Waals surface area contributed by atoms with Crippen LogP contribution in [0.5, 0.6) is 0 Å². The van der Waals surface area contributed by atoms with Gasteiger partial charge >= 0.3 is 0 Å². The van der Waals surface area contributed by atoms with E-state index in [0.29, 0.717) is 12.1 Å². The van der Waals surface area contributed by atoms with E-state index in [0.717, 1.165) is 32.1 Å². The molecule has 0 bridgehead atoms. The van der Waals surface area contributed by atoms with E-state index < -0.39 is 22.0 Å². The number of thiophene rings is 1. The number of carbonyl (C=O) groups is 1. The number of benzene rings is 2. The van der Waals surface area contributed by atoms with Crippen LogP contribution in [-0.2, 0) is 21.2 Å². The fourth-order valence-corrected chi connectivity index (χ4v) is 6.10. The van der Waals surface area contributed by atoms with Gasteiger partial charge in [-0.05, 0) is 48.2 Å². The monoisotopic (exact) mass is 457 g/mol. The number of fused-ring (bicyclic) bond motifs is 1. The van der Waals surface area contributed by atoms with E-state index in [1.165, 1.54) is 13.0 Å². The fraction of sp³-hybridized carbons (Fsp3) is 0.143. The lowest BCUT2D eigenvalue weighted by Crippen LogP contribution is -2.41. The van der Waals surface area contributed by atoms with Gasteiger partial charge in [0.2, 0.25) is 5.91 Å². The summed E-state index contributed by atoms with van der Waals surface area (Å²) in [6.07, 6.45) is 0.713. The molecule has 154 valence electrons. The number of anilines is 1. The molecule has 1 amide bonds. The van der Waals surface area contributed by atoms with Gasteiger partial charge in [-0.3, -0.25) is 4.79 Å². The molecular formula is C21H19N3O3S3. The number of hydrogen-bond donors (Lipinski definition) is 2. The summed E-state index contributed by atoms with van der Waals surface area (Å²) in [7, 11) is -3.70. The highest BCUT2D eigenvalue weighted by molar-refractivity contribution is 7.91. The second-order valence-electron chi connectivity index (χ2n) is 6.71. The van der Waals surface area contributed by atoms with Crippen molar-refractivity contribution in [1.29, 1.82) is 0 Å². The predicted molar refractivity (Wildman–Crippen MR) is 122 cm³/mol. The van der Waals surface area contributed by atoms with Crippen molar-refractivity contribution in [2.45, 2.75) is 23.6 Å². The molecule has 1 unspecified atom stereocenters. The molecule has 0 aliphatic heterocycles. The Morgan fingerprint density at radius 2 is 1.83 bits per heavy atom. The Labute approximate surface area is 182 Å². The Hall–Kier alpha value is -2.59. The number of hydrogen-bond acceptors (Lipinski definition) is 6. The molecule has 0 saturated carbocycles. The molecule has 9 heteroatoms. The highest BCUT2D eigenvalue weighted by Crippen LogP contribution is 2.24. The molecule has 0 spiro atoms. The molecule has 4 rings (SSSR count). The van der Waals surface area contributed by atoms with E-state index in [2.05, 4.69) is 21.1 Å². The summed E-state index contributed by atoms with van der Waals surface area (Å²) in [6, 6.07) is 17.8. The molecule has 0 fully saturated rings. The van der Waals surface area contributed by atoms with Crippen LogP contribution in [0.15, 0.2) is 70.3 Å². The maximum absolute atomic E-state index is 12.4. The van der Waals surface area contributed by atoms with Gasteiger partial charge in [0.25, 0.3) is 10.0 Å². The minimum Gasteiger partial charge on any atom is -0.325 e. The molecule has 2 aromatic heterocycles. The minimum absolute atomic E-state index is 0.182. The third-order valence-corrected chi connectivity index (χ3v) is 8.37. The first-order valence-electron chi connectivity index (χ1n) is 9.21. The Balaban J connectivity index is 1.37. The minimum atomic E-state index is -3.70. The van der Waals surface area contributed by atoms with E-state index in [9.17, 15) is 13.2 Å². The molecule has 0 aliphatic carbocycles. The van der Waals surface area contributed by atoms with Crippen LogP contribution in [0.1, 0.15) is 17.5 Å². The zero-order valence-corrected chi connectivity index (χ0v) is 18.5. The molecule has 30 heavy (non-hydrogen) atoms. The van der Waals surface area contributed by atoms with Gasteiger partial charge in [0.15, 0.2) is 0 Å².